The fraction of sp³-hybridized carbons (Fsp3) is 0.421. The van der Waals surface area contributed by atoms with Gasteiger partial charge in [0.2, 0.25) is 0 Å². The van der Waals surface area contributed by atoms with Crippen molar-refractivity contribution < 1.29 is 4.79 Å². The molecule has 1 aliphatic rings. The first-order valence-electron chi connectivity index (χ1n) is 8.72. The lowest BCUT2D eigenvalue weighted by Crippen LogP contribution is -2.46. The maximum Gasteiger partial charge on any atom is 0.271 e. The van der Waals surface area contributed by atoms with Gasteiger partial charge in [-0.15, -0.1) is 0 Å². The third kappa shape index (κ3) is 3.96. The zero-order valence-corrected chi connectivity index (χ0v) is 14.7. The number of rotatable bonds is 5. The second-order valence-electron chi connectivity index (χ2n) is 6.44. The maximum absolute atomic E-state index is 12.3. The van der Waals surface area contributed by atoms with Gasteiger partial charge in [0.1, 0.15) is 5.69 Å². The van der Waals surface area contributed by atoms with Gasteiger partial charge in [0.25, 0.3) is 11.5 Å². The Bertz CT molecular complexity index is 815. The molecule has 1 N–H and O–H groups in total. The molecule has 2 aromatic rings. The molecule has 1 aromatic heterocycles. The molecular weight excluding hydrogens is 316 g/mol. The first-order chi connectivity index (χ1) is 12.1. The van der Waals surface area contributed by atoms with Crippen LogP contribution in [0.2, 0.25) is 0 Å². The molecule has 6 heteroatoms. The number of carbonyl (C=O) groups excluding carboxylic acids is 1. The van der Waals surface area contributed by atoms with Gasteiger partial charge in [-0.1, -0.05) is 31.2 Å². The summed E-state index contributed by atoms with van der Waals surface area (Å²) in [5, 5.41) is 6.96. The highest BCUT2D eigenvalue weighted by atomic mass is 16.2. The van der Waals surface area contributed by atoms with Crippen LogP contribution in [0.3, 0.4) is 0 Å². The van der Waals surface area contributed by atoms with Gasteiger partial charge >= 0.3 is 0 Å². The largest absolute Gasteiger partial charge is 0.349 e. The van der Waals surface area contributed by atoms with Crippen LogP contribution >= 0.6 is 0 Å². The van der Waals surface area contributed by atoms with Crippen LogP contribution in [0.4, 0.5) is 0 Å². The van der Waals surface area contributed by atoms with Gasteiger partial charge in [-0.3, -0.25) is 14.5 Å². The van der Waals surface area contributed by atoms with E-state index in [0.717, 1.165) is 25.9 Å². The van der Waals surface area contributed by atoms with Gasteiger partial charge in [0, 0.05) is 38.8 Å². The van der Waals surface area contributed by atoms with Crippen LogP contribution in [-0.2, 0) is 20.0 Å². The van der Waals surface area contributed by atoms with Crippen molar-refractivity contribution >= 4 is 5.91 Å². The summed E-state index contributed by atoms with van der Waals surface area (Å²) in [5.41, 5.74) is 2.83. The summed E-state index contributed by atoms with van der Waals surface area (Å²) in [7, 11) is 1.54. The van der Waals surface area contributed by atoms with Crippen molar-refractivity contribution in [3.05, 3.63) is 63.6 Å². The maximum atomic E-state index is 12.3. The standard InChI is InChI=1S/C19H24N4O2/c1-3-16(23-11-10-14-6-4-5-7-15(14)13-23)12-20-19(25)17-8-9-18(24)22(2)21-17/h4-9,16H,3,10-13H2,1-2H3,(H,20,25). The van der Waals surface area contributed by atoms with E-state index in [9.17, 15) is 9.59 Å². The topological polar surface area (TPSA) is 67.2 Å². The van der Waals surface area contributed by atoms with E-state index in [1.165, 1.54) is 27.9 Å². The first kappa shape index (κ1) is 17.4. The Balaban J connectivity index is 1.62. The minimum Gasteiger partial charge on any atom is -0.349 e. The van der Waals surface area contributed by atoms with E-state index >= 15 is 0 Å². The Morgan fingerprint density at radius 2 is 2.00 bits per heavy atom. The van der Waals surface area contributed by atoms with Crippen LogP contribution in [0.1, 0.15) is 35.0 Å². The van der Waals surface area contributed by atoms with Crippen molar-refractivity contribution in [2.24, 2.45) is 7.05 Å². The van der Waals surface area contributed by atoms with E-state index in [1.54, 1.807) is 7.05 Å². The van der Waals surface area contributed by atoms with E-state index in [-0.39, 0.29) is 23.2 Å². The normalized spacial score (nSPS) is 15.4. The van der Waals surface area contributed by atoms with Crippen molar-refractivity contribution in [3.63, 3.8) is 0 Å². The van der Waals surface area contributed by atoms with Crippen LogP contribution in [0.5, 0.6) is 0 Å². The molecule has 1 aromatic carbocycles. The molecule has 0 spiro atoms. The van der Waals surface area contributed by atoms with Gasteiger partial charge in [0.05, 0.1) is 0 Å². The molecule has 25 heavy (non-hydrogen) atoms. The predicted molar refractivity (Wildman–Crippen MR) is 96.4 cm³/mol. The number of benzene rings is 1. The Morgan fingerprint density at radius 1 is 1.24 bits per heavy atom. The third-order valence-electron chi connectivity index (χ3n) is 4.84. The minimum atomic E-state index is -0.244. The van der Waals surface area contributed by atoms with Crippen LogP contribution < -0.4 is 10.9 Å². The second kappa shape index (κ2) is 7.61. The first-order valence-corrected chi connectivity index (χ1v) is 8.72. The van der Waals surface area contributed by atoms with Gasteiger partial charge in [-0.2, -0.15) is 5.10 Å². The molecule has 1 amide bonds. The molecule has 1 atom stereocenters. The van der Waals surface area contributed by atoms with Gasteiger partial charge in [0.15, 0.2) is 0 Å². The van der Waals surface area contributed by atoms with Crippen molar-refractivity contribution in [2.75, 3.05) is 13.1 Å². The van der Waals surface area contributed by atoms with Crippen LogP contribution in [-0.4, -0.2) is 39.7 Å². The van der Waals surface area contributed by atoms with Crippen LogP contribution in [0.15, 0.2) is 41.2 Å². The zero-order chi connectivity index (χ0) is 17.8. The van der Waals surface area contributed by atoms with E-state index in [1.807, 2.05) is 0 Å². The quantitative estimate of drug-likeness (QED) is 0.892. The molecule has 0 saturated heterocycles. The van der Waals surface area contributed by atoms with Gasteiger partial charge in [-0.05, 0) is 30.0 Å². The summed E-state index contributed by atoms with van der Waals surface area (Å²) in [6, 6.07) is 11.7. The Morgan fingerprint density at radius 3 is 2.72 bits per heavy atom. The lowest BCUT2D eigenvalue weighted by molar-refractivity contribution is 0.0919. The number of amides is 1. The smallest absolute Gasteiger partial charge is 0.271 e. The van der Waals surface area contributed by atoms with Gasteiger partial charge in [-0.25, -0.2) is 4.68 Å². The Labute approximate surface area is 147 Å². The molecule has 0 radical (unpaired) electrons. The van der Waals surface area contributed by atoms with Crippen molar-refractivity contribution in [1.29, 1.82) is 0 Å². The lowest BCUT2D eigenvalue weighted by Gasteiger charge is -2.35. The highest BCUT2D eigenvalue weighted by molar-refractivity contribution is 5.92. The number of hydrogen-bond acceptors (Lipinski definition) is 4. The Kier molecular flexibility index (Phi) is 5.28. The summed E-state index contributed by atoms with van der Waals surface area (Å²) in [6.45, 7) is 4.63. The SMILES string of the molecule is CCC(CNC(=O)c1ccc(=O)n(C)n1)N1CCc2ccccc2C1. The molecule has 3 rings (SSSR count). The fourth-order valence-electron chi connectivity index (χ4n) is 3.29. The fourth-order valence-corrected chi connectivity index (χ4v) is 3.29. The predicted octanol–water partition coefficient (Wildman–Crippen LogP) is 1.35. The number of nitrogens with zero attached hydrogens (tertiary/aromatic N) is 3. The van der Waals surface area contributed by atoms with Crippen molar-refractivity contribution in [1.82, 2.24) is 20.0 Å². The summed E-state index contributed by atoms with van der Waals surface area (Å²) < 4.78 is 1.17. The monoisotopic (exact) mass is 340 g/mol. The molecule has 0 bridgehead atoms. The number of aryl methyl sites for hydroxylation is 1. The molecule has 1 aliphatic heterocycles. The molecule has 132 valence electrons. The number of aromatic nitrogens is 2. The highest BCUT2D eigenvalue weighted by Crippen LogP contribution is 2.21. The highest BCUT2D eigenvalue weighted by Gasteiger charge is 2.23. The molecule has 6 nitrogen and oxygen atoms in total. The summed E-state index contributed by atoms with van der Waals surface area (Å²) in [4.78, 5) is 26.1. The average Bonchev–Trinajstić information content (AvgIpc) is 2.64. The average molecular weight is 340 g/mol. The third-order valence-corrected chi connectivity index (χ3v) is 4.84. The Hall–Kier alpha value is -2.47. The van der Waals surface area contributed by atoms with E-state index in [4.69, 9.17) is 0 Å². The van der Waals surface area contributed by atoms with Crippen LogP contribution in [0.25, 0.3) is 0 Å². The van der Waals surface area contributed by atoms with E-state index < -0.39 is 0 Å². The number of fused-ring (bicyclic) bond motifs is 1. The molecule has 2 heterocycles. The lowest BCUT2D eigenvalue weighted by atomic mass is 9.98. The minimum absolute atomic E-state index is 0.227. The molecule has 0 aliphatic carbocycles. The van der Waals surface area contributed by atoms with Gasteiger partial charge < -0.3 is 5.32 Å². The molecule has 0 fully saturated rings. The number of hydrogen-bond donors (Lipinski definition) is 1. The summed E-state index contributed by atoms with van der Waals surface area (Å²) in [6.07, 6.45) is 2.01. The van der Waals surface area contributed by atoms with E-state index in [2.05, 4.69) is 46.5 Å². The zero-order valence-electron chi connectivity index (χ0n) is 14.7. The summed E-state index contributed by atoms with van der Waals surface area (Å²) in [5.74, 6) is -0.244. The van der Waals surface area contributed by atoms with Crippen molar-refractivity contribution in [3.8, 4) is 0 Å². The number of nitrogens with one attached hydrogen (secondary N) is 1. The second-order valence-corrected chi connectivity index (χ2v) is 6.44. The molecule has 1 unspecified atom stereocenters. The molecule has 0 saturated carbocycles. The molecular formula is C19H24N4O2. The summed E-state index contributed by atoms with van der Waals surface area (Å²) >= 11 is 0. The van der Waals surface area contributed by atoms with E-state index in [0.29, 0.717) is 6.54 Å². The van der Waals surface area contributed by atoms with Crippen molar-refractivity contribution in [2.45, 2.75) is 32.4 Å². The van der Waals surface area contributed by atoms with Crippen LogP contribution in [0, 0.1) is 0 Å². The number of carbonyl (C=O) groups is 1.